The minimum absolute atomic E-state index is 0.0745. The van der Waals surface area contributed by atoms with Gasteiger partial charge in [0.15, 0.2) is 6.61 Å². The van der Waals surface area contributed by atoms with Gasteiger partial charge in [0.05, 0.1) is 11.4 Å². The number of ether oxygens (including phenoxy) is 1. The van der Waals surface area contributed by atoms with Crippen LogP contribution in [0.4, 0.5) is 5.69 Å². The first-order valence-electron chi connectivity index (χ1n) is 8.59. The summed E-state index contributed by atoms with van der Waals surface area (Å²) < 4.78 is 8.58. The van der Waals surface area contributed by atoms with Gasteiger partial charge in [0.1, 0.15) is 17.0 Å². The highest BCUT2D eigenvalue weighted by molar-refractivity contribution is 9.10. The van der Waals surface area contributed by atoms with E-state index in [2.05, 4.69) is 21.2 Å². The zero-order valence-electron chi connectivity index (χ0n) is 15.7. The molecule has 0 aliphatic rings. The summed E-state index contributed by atoms with van der Waals surface area (Å²) in [5.74, 6) is -1.78. The second-order valence-corrected chi connectivity index (χ2v) is 7.14. The Balaban J connectivity index is 1.74. The van der Waals surface area contributed by atoms with Gasteiger partial charge < -0.3 is 15.2 Å². The lowest BCUT2D eigenvalue weighted by atomic mass is 10.2. The van der Waals surface area contributed by atoms with Crippen LogP contribution in [0.1, 0.15) is 16.1 Å². The van der Waals surface area contributed by atoms with Crippen LogP contribution in [-0.4, -0.2) is 33.0 Å². The first kappa shape index (κ1) is 20.4. The first-order chi connectivity index (χ1) is 13.8. The van der Waals surface area contributed by atoms with Crippen molar-refractivity contribution in [3.63, 3.8) is 0 Å². The number of phenols is 1. The van der Waals surface area contributed by atoms with Crippen LogP contribution in [0.5, 0.6) is 5.75 Å². The summed E-state index contributed by atoms with van der Waals surface area (Å²) in [6, 6.07) is 13.3. The Morgan fingerprint density at radius 3 is 2.55 bits per heavy atom. The number of amides is 1. The number of para-hydroxylation sites is 1. The fraction of sp³-hybridized carbons (Fsp3) is 0.150. The summed E-state index contributed by atoms with van der Waals surface area (Å²) in [5, 5.41) is 12.3. The third-order valence-corrected chi connectivity index (χ3v) is 4.82. The summed E-state index contributed by atoms with van der Waals surface area (Å²) >= 11 is 3.20. The van der Waals surface area contributed by atoms with Gasteiger partial charge in [-0.05, 0) is 37.3 Å². The van der Waals surface area contributed by atoms with Crippen molar-refractivity contribution in [1.82, 2.24) is 9.36 Å². The number of anilines is 1. The van der Waals surface area contributed by atoms with E-state index in [0.29, 0.717) is 15.9 Å². The number of nitrogens with one attached hydrogen (secondary N) is 1. The van der Waals surface area contributed by atoms with E-state index in [1.54, 1.807) is 49.0 Å². The lowest BCUT2D eigenvalue weighted by molar-refractivity contribution is -0.119. The largest absolute Gasteiger partial charge is 0.507 e. The standard InChI is InChI=1S/C20H18BrN3O5/c1-12-18(19(27)24(23(12)2)14-6-4-3-5-7-14)22-17(26)11-29-20(28)15-10-13(21)8-9-16(15)25/h3-10,25H,11H2,1-2H3,(H,22,26). The summed E-state index contributed by atoms with van der Waals surface area (Å²) in [5.41, 5.74) is 0.820. The SMILES string of the molecule is Cc1c(NC(=O)COC(=O)c2cc(Br)ccc2O)c(=O)n(-c2ccccc2)n1C. The highest BCUT2D eigenvalue weighted by Crippen LogP contribution is 2.22. The monoisotopic (exact) mass is 459 g/mol. The number of benzene rings is 2. The molecule has 2 aromatic carbocycles. The molecule has 0 radical (unpaired) electrons. The number of aromatic hydroxyl groups is 1. The molecule has 1 amide bonds. The maximum absolute atomic E-state index is 12.8. The smallest absolute Gasteiger partial charge is 0.342 e. The van der Waals surface area contributed by atoms with Crippen LogP contribution in [0.15, 0.2) is 57.8 Å². The average molecular weight is 460 g/mol. The maximum Gasteiger partial charge on any atom is 0.342 e. The third kappa shape index (κ3) is 4.24. The van der Waals surface area contributed by atoms with E-state index in [1.807, 2.05) is 6.07 Å². The highest BCUT2D eigenvalue weighted by Gasteiger charge is 2.20. The van der Waals surface area contributed by atoms with Crippen molar-refractivity contribution in [2.45, 2.75) is 6.92 Å². The number of halogens is 1. The number of aromatic nitrogens is 2. The van der Waals surface area contributed by atoms with Crippen molar-refractivity contribution in [2.75, 3.05) is 11.9 Å². The number of carbonyl (C=O) groups excluding carboxylic acids is 2. The van der Waals surface area contributed by atoms with Crippen molar-refractivity contribution in [3.8, 4) is 11.4 Å². The molecule has 0 fully saturated rings. The number of phenolic OH excluding ortho intramolecular Hbond substituents is 1. The number of rotatable bonds is 5. The van der Waals surface area contributed by atoms with Crippen LogP contribution in [-0.2, 0) is 16.6 Å². The second kappa shape index (κ2) is 8.36. The third-order valence-electron chi connectivity index (χ3n) is 4.33. The maximum atomic E-state index is 12.8. The highest BCUT2D eigenvalue weighted by atomic mass is 79.9. The van der Waals surface area contributed by atoms with Gasteiger partial charge in [0.2, 0.25) is 0 Å². The van der Waals surface area contributed by atoms with Gasteiger partial charge >= 0.3 is 5.97 Å². The zero-order chi connectivity index (χ0) is 21.1. The van der Waals surface area contributed by atoms with Crippen molar-refractivity contribution in [2.24, 2.45) is 7.05 Å². The van der Waals surface area contributed by atoms with Gasteiger partial charge in [-0.2, -0.15) is 0 Å². The molecule has 150 valence electrons. The molecule has 0 atom stereocenters. The number of nitrogens with zero attached hydrogens (tertiary/aromatic N) is 2. The normalized spacial score (nSPS) is 10.6. The quantitative estimate of drug-likeness (QED) is 0.571. The number of hydrogen-bond acceptors (Lipinski definition) is 5. The van der Waals surface area contributed by atoms with Crippen molar-refractivity contribution >= 4 is 33.5 Å². The molecule has 0 saturated heterocycles. The molecule has 0 aliphatic carbocycles. The van der Waals surface area contributed by atoms with Crippen LogP contribution in [0.2, 0.25) is 0 Å². The van der Waals surface area contributed by atoms with E-state index in [0.717, 1.165) is 0 Å². The summed E-state index contributed by atoms with van der Waals surface area (Å²) in [4.78, 5) is 37.1. The van der Waals surface area contributed by atoms with Gasteiger partial charge in [-0.1, -0.05) is 34.1 Å². The number of carbonyl (C=O) groups is 2. The summed E-state index contributed by atoms with van der Waals surface area (Å²) in [7, 11) is 1.70. The minimum atomic E-state index is -0.856. The molecule has 1 heterocycles. The minimum Gasteiger partial charge on any atom is -0.507 e. The lowest BCUT2D eigenvalue weighted by Crippen LogP contribution is -2.25. The molecule has 29 heavy (non-hydrogen) atoms. The molecule has 3 aromatic rings. The zero-order valence-corrected chi connectivity index (χ0v) is 17.3. The van der Waals surface area contributed by atoms with Crippen molar-refractivity contribution < 1.29 is 19.4 Å². The molecule has 9 heteroatoms. The molecule has 0 spiro atoms. The Kier molecular flexibility index (Phi) is 5.88. The summed E-state index contributed by atoms with van der Waals surface area (Å²) in [6.07, 6.45) is 0. The summed E-state index contributed by atoms with van der Waals surface area (Å²) in [6.45, 7) is 1.09. The van der Waals surface area contributed by atoms with Crippen LogP contribution in [0.25, 0.3) is 5.69 Å². The van der Waals surface area contributed by atoms with Crippen LogP contribution < -0.4 is 10.9 Å². The van der Waals surface area contributed by atoms with Crippen LogP contribution in [0, 0.1) is 6.92 Å². The topological polar surface area (TPSA) is 103 Å². The molecule has 0 saturated carbocycles. The van der Waals surface area contributed by atoms with Crippen molar-refractivity contribution in [3.05, 3.63) is 74.6 Å². The van der Waals surface area contributed by atoms with E-state index >= 15 is 0 Å². The Hall–Kier alpha value is -3.33. The van der Waals surface area contributed by atoms with Gasteiger partial charge in [-0.25, -0.2) is 9.48 Å². The molecule has 2 N–H and O–H groups in total. The second-order valence-electron chi connectivity index (χ2n) is 6.22. The van der Waals surface area contributed by atoms with E-state index in [1.165, 1.54) is 16.8 Å². The molecular formula is C20H18BrN3O5. The van der Waals surface area contributed by atoms with E-state index < -0.39 is 24.0 Å². The number of esters is 1. The molecule has 0 aliphatic heterocycles. The number of hydrogen-bond donors (Lipinski definition) is 2. The molecule has 8 nitrogen and oxygen atoms in total. The molecule has 0 bridgehead atoms. The van der Waals surface area contributed by atoms with Gasteiger partial charge in [-0.15, -0.1) is 0 Å². The Bertz CT molecular complexity index is 1140. The van der Waals surface area contributed by atoms with Gasteiger partial charge in [0.25, 0.3) is 11.5 Å². The van der Waals surface area contributed by atoms with E-state index in [4.69, 9.17) is 4.74 Å². The molecule has 1 aromatic heterocycles. The lowest BCUT2D eigenvalue weighted by Gasteiger charge is -2.07. The molecule has 3 rings (SSSR count). The fourth-order valence-electron chi connectivity index (χ4n) is 2.77. The van der Waals surface area contributed by atoms with Crippen LogP contribution in [0.3, 0.4) is 0 Å². The van der Waals surface area contributed by atoms with E-state index in [-0.39, 0.29) is 17.0 Å². The molecular weight excluding hydrogens is 442 g/mol. The average Bonchev–Trinajstić information content (AvgIpc) is 2.92. The van der Waals surface area contributed by atoms with Crippen LogP contribution >= 0.6 is 15.9 Å². The fourth-order valence-corrected chi connectivity index (χ4v) is 3.13. The van der Waals surface area contributed by atoms with Gasteiger partial charge in [0, 0.05) is 11.5 Å². The molecule has 0 unspecified atom stereocenters. The first-order valence-corrected chi connectivity index (χ1v) is 9.38. The van der Waals surface area contributed by atoms with Gasteiger partial charge in [-0.3, -0.25) is 14.3 Å². The van der Waals surface area contributed by atoms with E-state index in [9.17, 15) is 19.5 Å². The predicted molar refractivity (Wildman–Crippen MR) is 110 cm³/mol. The van der Waals surface area contributed by atoms with Crippen molar-refractivity contribution in [1.29, 1.82) is 0 Å². The predicted octanol–water partition coefficient (Wildman–Crippen LogP) is 2.75. The Morgan fingerprint density at radius 2 is 1.86 bits per heavy atom. The Morgan fingerprint density at radius 1 is 1.17 bits per heavy atom. The Labute approximate surface area is 174 Å².